The van der Waals surface area contributed by atoms with Crippen molar-refractivity contribution in [3.63, 3.8) is 0 Å². The first-order valence-corrected chi connectivity index (χ1v) is 16.9. The summed E-state index contributed by atoms with van der Waals surface area (Å²) in [7, 11) is 0. The summed E-state index contributed by atoms with van der Waals surface area (Å²) in [5.41, 5.74) is 9.54. The van der Waals surface area contributed by atoms with Gasteiger partial charge in [-0.1, -0.05) is 91.0 Å². The summed E-state index contributed by atoms with van der Waals surface area (Å²) in [6, 6.07) is 59.1. The Bertz CT molecular complexity index is 3140. The molecule has 0 atom stereocenters. The smallest absolute Gasteiger partial charge is 0.0991 e. The van der Waals surface area contributed by atoms with Crippen LogP contribution in [0.4, 0.5) is 0 Å². The van der Waals surface area contributed by atoms with E-state index >= 15 is 0 Å². The average Bonchev–Trinajstić information content (AvgIpc) is 3.53. The molecule has 4 nitrogen and oxygen atoms in total. The molecule has 0 aliphatic rings. The standard InChI is InChI=1S/C47H26N4/c48-27-29-14-17-31(18-15-29)47-46-37-21-19-32(25-39(37)35-10-4-5-11-36(35)45(46)38-12-6-7-13-42(38)50-47)33-20-23-44-41(26-33)40-24-30(28-49)16-22-43(40)51(44)34-8-2-1-3-9-34/h1-26H. The summed E-state index contributed by atoms with van der Waals surface area (Å²) in [6.45, 7) is 0. The lowest BCUT2D eigenvalue weighted by atomic mass is 9.88. The lowest BCUT2D eigenvalue weighted by Gasteiger charge is -2.17. The van der Waals surface area contributed by atoms with Crippen LogP contribution in [0.2, 0.25) is 0 Å². The van der Waals surface area contributed by atoms with Gasteiger partial charge in [-0.25, -0.2) is 4.98 Å². The van der Waals surface area contributed by atoms with Crippen molar-refractivity contribution in [3.05, 3.63) is 169 Å². The van der Waals surface area contributed by atoms with E-state index in [9.17, 15) is 10.5 Å². The van der Waals surface area contributed by atoms with Crippen LogP contribution in [0.3, 0.4) is 0 Å². The van der Waals surface area contributed by atoms with E-state index in [1.807, 2.05) is 48.5 Å². The molecule has 0 aliphatic heterocycles. The van der Waals surface area contributed by atoms with Gasteiger partial charge in [0.2, 0.25) is 0 Å². The van der Waals surface area contributed by atoms with E-state index in [-0.39, 0.29) is 0 Å². The van der Waals surface area contributed by atoms with E-state index in [0.29, 0.717) is 11.1 Å². The molecule has 8 aromatic carbocycles. The monoisotopic (exact) mass is 646 g/mol. The summed E-state index contributed by atoms with van der Waals surface area (Å²) < 4.78 is 2.28. The van der Waals surface area contributed by atoms with Gasteiger partial charge in [-0.05, 0) is 99.4 Å². The molecule has 0 N–H and O–H groups in total. The van der Waals surface area contributed by atoms with E-state index in [2.05, 4.69) is 126 Å². The topological polar surface area (TPSA) is 65.4 Å². The molecule has 0 saturated heterocycles. The second-order valence-electron chi connectivity index (χ2n) is 13.0. The van der Waals surface area contributed by atoms with Gasteiger partial charge in [0.25, 0.3) is 0 Å². The number of hydrogen-bond acceptors (Lipinski definition) is 3. The van der Waals surface area contributed by atoms with Crippen molar-refractivity contribution in [2.45, 2.75) is 0 Å². The number of nitriles is 2. The van der Waals surface area contributed by atoms with Crippen LogP contribution in [0.1, 0.15) is 11.1 Å². The van der Waals surface area contributed by atoms with E-state index < -0.39 is 0 Å². The molecule has 10 aromatic rings. The van der Waals surface area contributed by atoms with Gasteiger partial charge in [-0.2, -0.15) is 10.5 Å². The third kappa shape index (κ3) is 4.34. The molecule has 0 unspecified atom stereocenters. The quantitative estimate of drug-likeness (QED) is 0.179. The largest absolute Gasteiger partial charge is 0.309 e. The summed E-state index contributed by atoms with van der Waals surface area (Å²) in [5, 5.41) is 29.5. The molecule has 234 valence electrons. The third-order valence-electron chi connectivity index (χ3n) is 10.2. The predicted molar refractivity (Wildman–Crippen MR) is 209 cm³/mol. The maximum atomic E-state index is 9.79. The van der Waals surface area contributed by atoms with Crippen molar-refractivity contribution in [1.29, 1.82) is 10.5 Å². The van der Waals surface area contributed by atoms with E-state index in [1.54, 1.807) is 0 Å². The number of pyridine rings is 1. The zero-order valence-electron chi connectivity index (χ0n) is 27.3. The molecule has 2 heterocycles. The molecule has 4 heteroatoms. The molecule has 0 amide bonds. The number of nitrogens with zero attached hydrogens (tertiary/aromatic N) is 4. The molecule has 0 radical (unpaired) electrons. The van der Waals surface area contributed by atoms with Crippen LogP contribution in [0.15, 0.2) is 158 Å². The molecule has 0 spiro atoms. The molecule has 2 aromatic heterocycles. The predicted octanol–water partition coefficient (Wildman–Crippen LogP) is 11.9. The highest BCUT2D eigenvalue weighted by Crippen LogP contribution is 2.44. The first-order chi connectivity index (χ1) is 25.2. The summed E-state index contributed by atoms with van der Waals surface area (Å²) in [5.74, 6) is 0. The van der Waals surface area contributed by atoms with Gasteiger partial charge in [0.05, 0.1) is 45.5 Å². The molecular formula is C47H26N4. The molecule has 51 heavy (non-hydrogen) atoms. The lowest BCUT2D eigenvalue weighted by Crippen LogP contribution is -1.94. The van der Waals surface area contributed by atoms with Gasteiger partial charge < -0.3 is 4.57 Å². The van der Waals surface area contributed by atoms with Crippen molar-refractivity contribution in [2.24, 2.45) is 0 Å². The Morgan fingerprint density at radius 3 is 1.75 bits per heavy atom. The molecule has 0 aliphatic carbocycles. The number of benzene rings is 8. The lowest BCUT2D eigenvalue weighted by molar-refractivity contribution is 1.18. The summed E-state index contributed by atoms with van der Waals surface area (Å²) in [4.78, 5) is 5.26. The zero-order valence-corrected chi connectivity index (χ0v) is 27.3. The Morgan fingerprint density at radius 2 is 0.980 bits per heavy atom. The zero-order chi connectivity index (χ0) is 34.1. The number of para-hydroxylation sites is 2. The van der Waals surface area contributed by atoms with Crippen molar-refractivity contribution < 1.29 is 0 Å². The van der Waals surface area contributed by atoms with Crippen LogP contribution in [0, 0.1) is 22.7 Å². The fraction of sp³-hybridized carbons (Fsp3) is 0. The highest BCUT2D eigenvalue weighted by atomic mass is 15.0. The number of fused-ring (bicyclic) bond motifs is 11. The Labute approximate surface area is 293 Å². The molecule has 0 fully saturated rings. The van der Waals surface area contributed by atoms with Gasteiger partial charge in [-0.15, -0.1) is 0 Å². The maximum absolute atomic E-state index is 9.79. The highest BCUT2D eigenvalue weighted by Gasteiger charge is 2.19. The van der Waals surface area contributed by atoms with Crippen LogP contribution >= 0.6 is 0 Å². The van der Waals surface area contributed by atoms with Crippen molar-refractivity contribution >= 4 is 65.0 Å². The first kappa shape index (κ1) is 28.7. The van der Waals surface area contributed by atoms with E-state index in [4.69, 9.17) is 4.98 Å². The Hall–Kier alpha value is -7.27. The van der Waals surface area contributed by atoms with Crippen LogP contribution in [-0.4, -0.2) is 9.55 Å². The minimum atomic E-state index is 0.622. The van der Waals surface area contributed by atoms with Gasteiger partial charge in [0.15, 0.2) is 0 Å². The van der Waals surface area contributed by atoms with Crippen molar-refractivity contribution in [2.75, 3.05) is 0 Å². The maximum Gasteiger partial charge on any atom is 0.0991 e. The normalized spacial score (nSPS) is 11.5. The minimum Gasteiger partial charge on any atom is -0.309 e. The minimum absolute atomic E-state index is 0.622. The van der Waals surface area contributed by atoms with Crippen LogP contribution in [0.5, 0.6) is 0 Å². The third-order valence-corrected chi connectivity index (χ3v) is 10.2. The fourth-order valence-corrected chi connectivity index (χ4v) is 7.89. The van der Waals surface area contributed by atoms with Gasteiger partial charge in [-0.3, -0.25) is 0 Å². The summed E-state index contributed by atoms with van der Waals surface area (Å²) >= 11 is 0. The fourth-order valence-electron chi connectivity index (χ4n) is 7.89. The molecule has 10 rings (SSSR count). The number of hydrogen-bond donors (Lipinski definition) is 0. The first-order valence-electron chi connectivity index (χ1n) is 16.9. The van der Waals surface area contributed by atoms with E-state index in [0.717, 1.165) is 76.9 Å². The Morgan fingerprint density at radius 1 is 0.412 bits per heavy atom. The Balaban J connectivity index is 1.27. The summed E-state index contributed by atoms with van der Waals surface area (Å²) in [6.07, 6.45) is 0. The SMILES string of the molecule is N#Cc1ccc(-c2nc3ccccc3c3c4ccccc4c4cc(-c5ccc6c(c5)c5cc(C#N)ccc5n6-c5ccccc5)ccc4c23)cc1. The number of rotatable bonds is 3. The molecular weight excluding hydrogens is 621 g/mol. The van der Waals surface area contributed by atoms with Crippen molar-refractivity contribution in [1.82, 2.24) is 9.55 Å². The molecule has 0 bridgehead atoms. The van der Waals surface area contributed by atoms with Crippen molar-refractivity contribution in [3.8, 4) is 40.2 Å². The van der Waals surface area contributed by atoms with Crippen LogP contribution < -0.4 is 0 Å². The van der Waals surface area contributed by atoms with Crippen LogP contribution in [0.25, 0.3) is 93.1 Å². The molecule has 0 saturated carbocycles. The van der Waals surface area contributed by atoms with Crippen LogP contribution in [-0.2, 0) is 0 Å². The number of aromatic nitrogens is 2. The second kappa shape index (κ2) is 11.1. The van der Waals surface area contributed by atoms with Gasteiger partial charge in [0, 0.05) is 38.2 Å². The average molecular weight is 647 g/mol. The Kier molecular flexibility index (Phi) is 6.27. The van der Waals surface area contributed by atoms with Gasteiger partial charge >= 0.3 is 0 Å². The van der Waals surface area contributed by atoms with Gasteiger partial charge in [0.1, 0.15) is 0 Å². The highest BCUT2D eigenvalue weighted by molar-refractivity contribution is 6.33. The second-order valence-corrected chi connectivity index (χ2v) is 13.0. The van der Waals surface area contributed by atoms with E-state index in [1.165, 1.54) is 16.2 Å².